The Labute approximate surface area is 115 Å². The number of carbonyl (C=O) groups is 2. The maximum Gasteiger partial charge on any atom is 0.272 e. The molecule has 5 N–H and O–H groups in total. The van der Waals surface area contributed by atoms with Crippen molar-refractivity contribution in [3.8, 4) is 0 Å². The average Bonchev–Trinajstić information content (AvgIpc) is 2.81. The summed E-state index contributed by atoms with van der Waals surface area (Å²) in [5.41, 5.74) is 7.29. The summed E-state index contributed by atoms with van der Waals surface area (Å²) in [7, 11) is 0. The molecular formula is C13H17N5O2. The summed E-state index contributed by atoms with van der Waals surface area (Å²) in [6.45, 7) is 2.69. The van der Waals surface area contributed by atoms with E-state index in [9.17, 15) is 9.59 Å². The normalized spacial score (nSPS) is 10.4. The predicted molar refractivity (Wildman–Crippen MR) is 76.1 cm³/mol. The maximum atomic E-state index is 12.0. The predicted octanol–water partition coefficient (Wildman–Crippen LogP) is 0.401. The Kier molecular flexibility index (Phi) is 4.19. The Morgan fingerprint density at radius 2 is 2.15 bits per heavy atom. The second-order valence-electron chi connectivity index (χ2n) is 4.34. The molecule has 0 saturated carbocycles. The van der Waals surface area contributed by atoms with Crippen molar-refractivity contribution in [2.75, 3.05) is 18.8 Å². The highest BCUT2D eigenvalue weighted by Gasteiger charge is 2.14. The Hall–Kier alpha value is -2.57. The molecule has 0 aliphatic heterocycles. The first kappa shape index (κ1) is 13.9. The number of rotatable bonds is 5. The molecule has 7 nitrogen and oxygen atoms in total. The number of nitrogen functional groups attached to an aromatic ring is 1. The Bertz CT molecular complexity index is 635. The van der Waals surface area contributed by atoms with E-state index in [1.54, 1.807) is 18.2 Å². The van der Waals surface area contributed by atoms with E-state index < -0.39 is 0 Å². The summed E-state index contributed by atoms with van der Waals surface area (Å²) >= 11 is 0. The van der Waals surface area contributed by atoms with Crippen LogP contribution in [0.5, 0.6) is 0 Å². The third-order valence-electron chi connectivity index (χ3n) is 2.81. The number of carbonyl (C=O) groups excluding carboxylic acids is 2. The van der Waals surface area contributed by atoms with Gasteiger partial charge in [-0.15, -0.1) is 0 Å². The van der Waals surface area contributed by atoms with Gasteiger partial charge >= 0.3 is 0 Å². The van der Waals surface area contributed by atoms with Crippen LogP contribution >= 0.6 is 0 Å². The largest absolute Gasteiger partial charge is 0.399 e. The van der Waals surface area contributed by atoms with Crippen LogP contribution in [0, 0.1) is 0 Å². The van der Waals surface area contributed by atoms with Crippen molar-refractivity contribution in [1.29, 1.82) is 0 Å². The van der Waals surface area contributed by atoms with Crippen molar-refractivity contribution < 1.29 is 9.59 Å². The third kappa shape index (κ3) is 3.05. The quantitative estimate of drug-likeness (QED) is 0.591. The minimum absolute atomic E-state index is 0.0936. The monoisotopic (exact) mass is 275 g/mol. The highest BCUT2D eigenvalue weighted by molar-refractivity contribution is 6.05. The molecular weight excluding hydrogens is 258 g/mol. The van der Waals surface area contributed by atoms with E-state index in [0.717, 1.165) is 5.52 Å². The van der Waals surface area contributed by atoms with E-state index in [0.29, 0.717) is 17.6 Å². The molecule has 0 aliphatic carbocycles. The fourth-order valence-electron chi connectivity index (χ4n) is 1.86. The SMILES string of the molecule is CCNC(=O)CCNC(=O)c1n[nH]c2ccc(N)cc12. The molecule has 20 heavy (non-hydrogen) atoms. The number of hydrogen-bond donors (Lipinski definition) is 4. The van der Waals surface area contributed by atoms with E-state index in [2.05, 4.69) is 20.8 Å². The van der Waals surface area contributed by atoms with Crippen molar-refractivity contribution in [3.63, 3.8) is 0 Å². The molecule has 1 aromatic heterocycles. The zero-order chi connectivity index (χ0) is 14.5. The van der Waals surface area contributed by atoms with Gasteiger partial charge in [0.1, 0.15) is 0 Å². The number of nitrogens with zero attached hydrogens (tertiary/aromatic N) is 1. The van der Waals surface area contributed by atoms with Gasteiger partial charge in [0.15, 0.2) is 5.69 Å². The molecule has 7 heteroatoms. The molecule has 2 rings (SSSR count). The molecule has 0 unspecified atom stereocenters. The molecule has 0 bridgehead atoms. The van der Waals surface area contributed by atoms with Gasteiger partial charge in [0.05, 0.1) is 5.52 Å². The lowest BCUT2D eigenvalue weighted by Gasteiger charge is -2.04. The summed E-state index contributed by atoms with van der Waals surface area (Å²) in [6, 6.07) is 5.19. The molecule has 0 atom stereocenters. The first-order valence-electron chi connectivity index (χ1n) is 6.40. The topological polar surface area (TPSA) is 113 Å². The molecule has 0 aliphatic rings. The fraction of sp³-hybridized carbons (Fsp3) is 0.308. The smallest absolute Gasteiger partial charge is 0.272 e. The summed E-state index contributed by atoms with van der Waals surface area (Å²) < 4.78 is 0. The van der Waals surface area contributed by atoms with Crippen LogP contribution in [0.25, 0.3) is 10.9 Å². The van der Waals surface area contributed by atoms with Gasteiger partial charge in [-0.05, 0) is 25.1 Å². The number of aromatic nitrogens is 2. The number of amides is 2. The Balaban J connectivity index is 2.01. The summed E-state index contributed by atoms with van der Waals surface area (Å²) in [4.78, 5) is 23.3. The number of anilines is 1. The number of H-pyrrole nitrogens is 1. The standard InChI is InChI=1S/C13H17N5O2/c1-2-15-11(19)5-6-16-13(20)12-9-7-8(14)3-4-10(9)17-18-12/h3-4,7H,2,5-6,14H2,1H3,(H,15,19)(H,16,20)(H,17,18). The molecule has 106 valence electrons. The van der Waals surface area contributed by atoms with Crippen molar-refractivity contribution in [2.24, 2.45) is 0 Å². The summed E-state index contributed by atoms with van der Waals surface area (Å²) in [5, 5.41) is 12.7. The second kappa shape index (κ2) is 6.05. The van der Waals surface area contributed by atoms with Crippen LogP contribution in [0.3, 0.4) is 0 Å². The molecule has 1 aromatic carbocycles. The van der Waals surface area contributed by atoms with Gasteiger partial charge in [-0.25, -0.2) is 0 Å². The van der Waals surface area contributed by atoms with Gasteiger partial charge in [-0.2, -0.15) is 5.10 Å². The van der Waals surface area contributed by atoms with Gasteiger partial charge in [0.25, 0.3) is 5.91 Å². The van der Waals surface area contributed by atoms with Gasteiger partial charge < -0.3 is 16.4 Å². The van der Waals surface area contributed by atoms with E-state index in [4.69, 9.17) is 5.73 Å². The minimum atomic E-state index is -0.328. The van der Waals surface area contributed by atoms with Crippen LogP contribution in [0.1, 0.15) is 23.8 Å². The number of aromatic amines is 1. The molecule has 0 spiro atoms. The van der Waals surface area contributed by atoms with E-state index in [1.807, 2.05) is 6.92 Å². The zero-order valence-corrected chi connectivity index (χ0v) is 11.2. The number of benzene rings is 1. The lowest BCUT2D eigenvalue weighted by Crippen LogP contribution is -2.30. The average molecular weight is 275 g/mol. The van der Waals surface area contributed by atoms with Crippen molar-refractivity contribution in [2.45, 2.75) is 13.3 Å². The number of nitrogens with one attached hydrogen (secondary N) is 3. The van der Waals surface area contributed by atoms with E-state index >= 15 is 0 Å². The Morgan fingerprint density at radius 1 is 1.35 bits per heavy atom. The van der Waals surface area contributed by atoms with E-state index in [1.165, 1.54) is 0 Å². The van der Waals surface area contributed by atoms with Gasteiger partial charge in [-0.1, -0.05) is 0 Å². The van der Waals surface area contributed by atoms with Crippen LogP contribution in [0.2, 0.25) is 0 Å². The van der Waals surface area contributed by atoms with Crippen LogP contribution in [0.4, 0.5) is 5.69 Å². The van der Waals surface area contributed by atoms with Crippen LogP contribution < -0.4 is 16.4 Å². The highest BCUT2D eigenvalue weighted by Crippen LogP contribution is 2.18. The highest BCUT2D eigenvalue weighted by atomic mass is 16.2. The Morgan fingerprint density at radius 3 is 2.90 bits per heavy atom. The minimum Gasteiger partial charge on any atom is -0.399 e. The lowest BCUT2D eigenvalue weighted by molar-refractivity contribution is -0.120. The van der Waals surface area contributed by atoms with Crippen LogP contribution in [-0.2, 0) is 4.79 Å². The summed E-state index contributed by atoms with van der Waals surface area (Å²) in [5.74, 6) is -0.421. The molecule has 0 saturated heterocycles. The van der Waals surface area contributed by atoms with E-state index in [-0.39, 0.29) is 30.5 Å². The number of nitrogens with two attached hydrogens (primary N) is 1. The number of hydrogen-bond acceptors (Lipinski definition) is 4. The lowest BCUT2D eigenvalue weighted by atomic mass is 10.2. The first-order valence-corrected chi connectivity index (χ1v) is 6.40. The zero-order valence-electron chi connectivity index (χ0n) is 11.2. The second-order valence-corrected chi connectivity index (χ2v) is 4.34. The van der Waals surface area contributed by atoms with Crippen molar-refractivity contribution in [1.82, 2.24) is 20.8 Å². The number of fused-ring (bicyclic) bond motifs is 1. The van der Waals surface area contributed by atoms with Crippen molar-refractivity contribution in [3.05, 3.63) is 23.9 Å². The molecule has 0 fully saturated rings. The molecule has 0 radical (unpaired) electrons. The van der Waals surface area contributed by atoms with Crippen LogP contribution in [0.15, 0.2) is 18.2 Å². The molecule has 2 amide bonds. The van der Waals surface area contributed by atoms with Gasteiger partial charge in [-0.3, -0.25) is 14.7 Å². The molecule has 2 aromatic rings. The maximum absolute atomic E-state index is 12.0. The fourth-order valence-corrected chi connectivity index (χ4v) is 1.86. The van der Waals surface area contributed by atoms with Crippen LogP contribution in [-0.4, -0.2) is 35.1 Å². The van der Waals surface area contributed by atoms with Gasteiger partial charge in [0.2, 0.25) is 5.91 Å². The van der Waals surface area contributed by atoms with Gasteiger partial charge in [0, 0.05) is 30.6 Å². The molecule has 1 heterocycles. The first-order chi connectivity index (χ1) is 9.61. The van der Waals surface area contributed by atoms with Crippen molar-refractivity contribution >= 4 is 28.4 Å². The summed E-state index contributed by atoms with van der Waals surface area (Å²) in [6.07, 6.45) is 0.240. The third-order valence-corrected chi connectivity index (χ3v) is 2.81.